The fourth-order valence-corrected chi connectivity index (χ4v) is 1.84. The third-order valence-corrected chi connectivity index (χ3v) is 3.05. The number of hydrogen-bond acceptors (Lipinski definition) is 6. The first-order valence-electron chi connectivity index (χ1n) is 7.72. The molecule has 3 aromatic carbocycles. The van der Waals surface area contributed by atoms with Crippen LogP contribution in [0.5, 0.6) is 23.0 Å². The molecule has 8 nitrogen and oxygen atoms in total. The first-order valence-corrected chi connectivity index (χ1v) is 7.72. The monoisotopic (exact) mass is 386 g/mol. The number of aromatic carboxylic acids is 2. The maximum atomic E-state index is 10.5. The molecule has 6 N–H and O–H groups in total. The topological polar surface area (TPSA) is 156 Å². The maximum Gasteiger partial charge on any atom is 0.336 e. The lowest BCUT2D eigenvalue weighted by Crippen LogP contribution is -2.06. The van der Waals surface area contributed by atoms with Gasteiger partial charge in [0.1, 0.15) is 23.0 Å². The molecule has 0 fully saturated rings. The van der Waals surface area contributed by atoms with Crippen molar-refractivity contribution in [2.24, 2.45) is 0 Å². The Hall–Kier alpha value is -4.20. The van der Waals surface area contributed by atoms with Gasteiger partial charge in [-0.3, -0.25) is 0 Å². The largest absolute Gasteiger partial charge is 0.508 e. The van der Waals surface area contributed by atoms with E-state index in [4.69, 9.17) is 30.6 Å². The fraction of sp³-hybridized carbons (Fsp3) is 0. The van der Waals surface area contributed by atoms with Gasteiger partial charge in [0.25, 0.3) is 0 Å². The van der Waals surface area contributed by atoms with E-state index in [0.717, 1.165) is 0 Å². The SMILES string of the molecule is O=C(O)c1ccccc1C(=O)O.Oc1cccc(O)c1.Oc1cccc(O)c1. The highest BCUT2D eigenvalue weighted by molar-refractivity contribution is 6.01. The van der Waals surface area contributed by atoms with Crippen LogP contribution in [0.25, 0.3) is 0 Å². The number of benzene rings is 3. The van der Waals surface area contributed by atoms with Crippen molar-refractivity contribution in [3.8, 4) is 23.0 Å². The summed E-state index contributed by atoms with van der Waals surface area (Å²) >= 11 is 0. The molecule has 3 aromatic rings. The molecule has 0 radical (unpaired) electrons. The van der Waals surface area contributed by atoms with Crippen LogP contribution in [0.2, 0.25) is 0 Å². The molecule has 0 heterocycles. The second kappa shape index (κ2) is 10.7. The molecule has 0 saturated heterocycles. The van der Waals surface area contributed by atoms with Gasteiger partial charge >= 0.3 is 11.9 Å². The minimum absolute atomic E-state index is 0.0880. The summed E-state index contributed by atoms with van der Waals surface area (Å²) in [5.41, 5.74) is -0.380. The average Bonchev–Trinajstić information content (AvgIpc) is 2.62. The van der Waals surface area contributed by atoms with Gasteiger partial charge in [0.2, 0.25) is 0 Å². The Morgan fingerprint density at radius 2 is 0.786 bits per heavy atom. The first-order chi connectivity index (χ1) is 13.2. The third-order valence-electron chi connectivity index (χ3n) is 3.05. The molecule has 3 rings (SSSR count). The summed E-state index contributed by atoms with van der Waals surface area (Å²) in [6, 6.07) is 17.2. The van der Waals surface area contributed by atoms with Gasteiger partial charge in [0.15, 0.2) is 0 Å². The van der Waals surface area contributed by atoms with Gasteiger partial charge in [0.05, 0.1) is 11.1 Å². The van der Waals surface area contributed by atoms with E-state index in [-0.39, 0.29) is 34.1 Å². The zero-order valence-corrected chi connectivity index (χ0v) is 14.4. The van der Waals surface area contributed by atoms with Gasteiger partial charge in [0, 0.05) is 12.1 Å². The first kappa shape index (κ1) is 21.8. The van der Waals surface area contributed by atoms with Crippen LogP contribution >= 0.6 is 0 Å². The summed E-state index contributed by atoms with van der Waals surface area (Å²) in [7, 11) is 0. The Labute approximate surface area is 159 Å². The maximum absolute atomic E-state index is 10.5. The van der Waals surface area contributed by atoms with Crippen LogP contribution in [-0.4, -0.2) is 42.6 Å². The third kappa shape index (κ3) is 7.79. The van der Waals surface area contributed by atoms with E-state index in [0.29, 0.717) is 0 Å². The molecule has 0 atom stereocenters. The lowest BCUT2D eigenvalue weighted by molar-refractivity contribution is 0.0651. The Morgan fingerprint density at radius 1 is 0.500 bits per heavy atom. The van der Waals surface area contributed by atoms with Crippen molar-refractivity contribution >= 4 is 11.9 Å². The van der Waals surface area contributed by atoms with Crippen LogP contribution in [0.15, 0.2) is 72.8 Å². The quantitative estimate of drug-likeness (QED) is 0.392. The molecular formula is C20H18O8. The molecule has 0 bridgehead atoms. The predicted molar refractivity (Wildman–Crippen MR) is 99.9 cm³/mol. The second-order valence-electron chi connectivity index (χ2n) is 5.20. The van der Waals surface area contributed by atoms with Crippen LogP contribution in [0.4, 0.5) is 0 Å². The van der Waals surface area contributed by atoms with Crippen molar-refractivity contribution in [2.75, 3.05) is 0 Å². The number of carboxylic acid groups (broad SMARTS) is 2. The molecule has 0 aliphatic carbocycles. The van der Waals surface area contributed by atoms with E-state index in [1.165, 1.54) is 60.7 Å². The van der Waals surface area contributed by atoms with Gasteiger partial charge in [-0.1, -0.05) is 24.3 Å². The van der Waals surface area contributed by atoms with E-state index >= 15 is 0 Å². The Kier molecular flexibility index (Phi) is 8.36. The van der Waals surface area contributed by atoms with Gasteiger partial charge in [-0.15, -0.1) is 0 Å². The van der Waals surface area contributed by atoms with Crippen molar-refractivity contribution in [1.82, 2.24) is 0 Å². The zero-order chi connectivity index (χ0) is 21.1. The molecule has 28 heavy (non-hydrogen) atoms. The van der Waals surface area contributed by atoms with Gasteiger partial charge in [-0.25, -0.2) is 9.59 Å². The fourth-order valence-electron chi connectivity index (χ4n) is 1.84. The van der Waals surface area contributed by atoms with Gasteiger partial charge in [-0.2, -0.15) is 0 Å². The number of rotatable bonds is 2. The van der Waals surface area contributed by atoms with Gasteiger partial charge in [-0.05, 0) is 36.4 Å². The number of phenolic OH excluding ortho intramolecular Hbond substituents is 4. The summed E-state index contributed by atoms with van der Waals surface area (Å²) in [5, 5.41) is 51.7. The van der Waals surface area contributed by atoms with Crippen molar-refractivity contribution in [2.45, 2.75) is 0 Å². The minimum atomic E-state index is -1.23. The van der Waals surface area contributed by atoms with Crippen molar-refractivity contribution in [3.63, 3.8) is 0 Å². The van der Waals surface area contributed by atoms with Crippen LogP contribution in [0, 0.1) is 0 Å². The van der Waals surface area contributed by atoms with E-state index in [1.54, 1.807) is 12.1 Å². The van der Waals surface area contributed by atoms with E-state index in [9.17, 15) is 9.59 Å². The summed E-state index contributed by atoms with van der Waals surface area (Å²) in [6.45, 7) is 0. The number of hydrogen-bond donors (Lipinski definition) is 6. The molecule has 0 aliphatic rings. The zero-order valence-electron chi connectivity index (χ0n) is 14.4. The molecule has 146 valence electrons. The van der Waals surface area contributed by atoms with E-state index < -0.39 is 11.9 Å². The van der Waals surface area contributed by atoms with E-state index in [1.807, 2.05) is 0 Å². The standard InChI is InChI=1S/C8H6O4.2C6H6O2/c9-7(10)5-3-1-2-4-6(5)8(11)12;2*7-5-2-1-3-6(8)4-5/h1-4H,(H,9,10)(H,11,12);2*1-4,7-8H. The van der Waals surface area contributed by atoms with Crippen LogP contribution < -0.4 is 0 Å². The highest BCUT2D eigenvalue weighted by Gasteiger charge is 2.13. The van der Waals surface area contributed by atoms with Gasteiger partial charge < -0.3 is 30.6 Å². The highest BCUT2D eigenvalue weighted by atomic mass is 16.4. The molecule has 0 spiro atoms. The Morgan fingerprint density at radius 3 is 0.964 bits per heavy atom. The molecule has 8 heteroatoms. The van der Waals surface area contributed by atoms with Crippen LogP contribution in [-0.2, 0) is 0 Å². The van der Waals surface area contributed by atoms with Crippen LogP contribution in [0.3, 0.4) is 0 Å². The van der Waals surface area contributed by atoms with Crippen LogP contribution in [0.1, 0.15) is 20.7 Å². The highest BCUT2D eigenvalue weighted by Crippen LogP contribution is 2.15. The lowest BCUT2D eigenvalue weighted by atomic mass is 10.1. The average molecular weight is 386 g/mol. The number of aromatic hydroxyl groups is 4. The molecule has 0 saturated carbocycles. The van der Waals surface area contributed by atoms with Crippen molar-refractivity contribution < 1.29 is 40.2 Å². The smallest absolute Gasteiger partial charge is 0.336 e. The van der Waals surface area contributed by atoms with Crippen molar-refractivity contribution in [3.05, 3.63) is 83.9 Å². The van der Waals surface area contributed by atoms with Crippen molar-refractivity contribution in [1.29, 1.82) is 0 Å². The summed E-state index contributed by atoms with van der Waals surface area (Å²) in [5.74, 6) is -2.11. The normalized spacial score (nSPS) is 9.14. The molecule has 0 aliphatic heterocycles. The summed E-state index contributed by atoms with van der Waals surface area (Å²) in [6.07, 6.45) is 0. The molecule has 0 unspecified atom stereocenters. The number of carboxylic acids is 2. The lowest BCUT2D eigenvalue weighted by Gasteiger charge is -1.98. The molecular weight excluding hydrogens is 368 g/mol. The Bertz CT molecular complexity index is 826. The summed E-state index contributed by atoms with van der Waals surface area (Å²) in [4.78, 5) is 20.9. The Balaban J connectivity index is 0.000000217. The number of phenols is 4. The van der Waals surface area contributed by atoms with E-state index in [2.05, 4.69) is 0 Å². The predicted octanol–water partition coefficient (Wildman–Crippen LogP) is 3.28. The molecule has 0 amide bonds. The second-order valence-corrected chi connectivity index (χ2v) is 5.20. The molecule has 0 aromatic heterocycles. The number of carbonyl (C=O) groups is 2. The summed E-state index contributed by atoms with van der Waals surface area (Å²) < 4.78 is 0. The minimum Gasteiger partial charge on any atom is -0.508 e.